The average molecular weight is 266 g/mol. The van der Waals surface area contributed by atoms with E-state index in [9.17, 15) is 8.78 Å². The molecule has 1 aromatic heterocycles. The van der Waals surface area contributed by atoms with Crippen molar-refractivity contribution in [3.8, 4) is 5.88 Å². The molecule has 2 nitrogen and oxygen atoms in total. The van der Waals surface area contributed by atoms with Crippen LogP contribution in [0.15, 0.2) is 22.8 Å². The van der Waals surface area contributed by atoms with Crippen LogP contribution < -0.4 is 4.74 Å². The van der Waals surface area contributed by atoms with Crippen molar-refractivity contribution >= 4 is 15.9 Å². The van der Waals surface area contributed by atoms with Gasteiger partial charge in [-0.05, 0) is 28.9 Å². The Kier molecular flexibility index (Phi) is 3.42. The minimum atomic E-state index is -2.87. The van der Waals surface area contributed by atoms with E-state index in [1.807, 2.05) is 0 Å². The second kappa shape index (κ2) is 4.21. The van der Waals surface area contributed by atoms with Crippen LogP contribution >= 0.6 is 15.9 Å². The van der Waals surface area contributed by atoms with Crippen molar-refractivity contribution in [3.05, 3.63) is 22.8 Å². The van der Waals surface area contributed by atoms with Crippen LogP contribution in [0.2, 0.25) is 0 Å². The molecule has 0 aliphatic carbocycles. The highest BCUT2D eigenvalue weighted by Crippen LogP contribution is 2.22. The zero-order valence-electron chi connectivity index (χ0n) is 7.80. The first-order valence-corrected chi connectivity index (χ1v) is 4.85. The molecule has 78 valence electrons. The van der Waals surface area contributed by atoms with E-state index < -0.39 is 12.0 Å². The molecule has 1 aromatic rings. The predicted octanol–water partition coefficient (Wildman–Crippen LogP) is 3.27. The Balaban J connectivity index is 2.65. The van der Waals surface area contributed by atoms with E-state index in [1.54, 1.807) is 6.07 Å². The van der Waals surface area contributed by atoms with E-state index in [2.05, 4.69) is 20.9 Å². The lowest BCUT2D eigenvalue weighted by Gasteiger charge is -2.19. The van der Waals surface area contributed by atoms with Gasteiger partial charge in [-0.3, -0.25) is 0 Å². The molecule has 14 heavy (non-hydrogen) atoms. The van der Waals surface area contributed by atoms with Gasteiger partial charge in [0.1, 0.15) is 0 Å². The molecule has 0 bridgehead atoms. The number of nitrogens with zero attached hydrogens (tertiary/aromatic N) is 1. The molecule has 1 atom stereocenters. The molecule has 0 saturated carbocycles. The van der Waals surface area contributed by atoms with Crippen LogP contribution in [0.4, 0.5) is 8.78 Å². The molecule has 0 spiro atoms. The average Bonchev–Trinajstić information content (AvgIpc) is 2.07. The van der Waals surface area contributed by atoms with Crippen molar-refractivity contribution in [2.45, 2.75) is 25.9 Å². The van der Waals surface area contributed by atoms with Gasteiger partial charge in [0.05, 0.1) is 0 Å². The Bertz CT molecular complexity index is 297. The fourth-order valence-corrected chi connectivity index (χ4v) is 0.951. The third-order valence-electron chi connectivity index (χ3n) is 1.71. The summed E-state index contributed by atoms with van der Waals surface area (Å²) in [5.74, 6) is -2.67. The summed E-state index contributed by atoms with van der Waals surface area (Å²) in [7, 11) is 0. The van der Waals surface area contributed by atoms with E-state index >= 15 is 0 Å². The third kappa shape index (κ3) is 3.21. The van der Waals surface area contributed by atoms with Gasteiger partial charge in [-0.1, -0.05) is 0 Å². The summed E-state index contributed by atoms with van der Waals surface area (Å²) in [4.78, 5) is 3.83. The van der Waals surface area contributed by atoms with Gasteiger partial charge >= 0.3 is 0 Å². The van der Waals surface area contributed by atoms with Gasteiger partial charge in [0.2, 0.25) is 5.88 Å². The number of alkyl halides is 2. The summed E-state index contributed by atoms with van der Waals surface area (Å²) in [5.41, 5.74) is 0. The number of hydrogen-bond donors (Lipinski definition) is 0. The first-order chi connectivity index (χ1) is 6.39. The second-order valence-electron chi connectivity index (χ2n) is 3.03. The molecule has 5 heteroatoms. The van der Waals surface area contributed by atoms with Crippen LogP contribution in [0.5, 0.6) is 5.88 Å². The van der Waals surface area contributed by atoms with E-state index in [4.69, 9.17) is 4.74 Å². The predicted molar refractivity (Wildman–Crippen MR) is 52.6 cm³/mol. The summed E-state index contributed by atoms with van der Waals surface area (Å²) in [6.07, 6.45) is 0.312. The number of pyridine rings is 1. The summed E-state index contributed by atoms with van der Waals surface area (Å²) < 4.78 is 31.2. The second-order valence-corrected chi connectivity index (χ2v) is 3.95. The Labute approximate surface area is 89.4 Å². The molecule has 1 unspecified atom stereocenters. The van der Waals surface area contributed by atoms with Crippen LogP contribution in [0.1, 0.15) is 13.8 Å². The maximum atomic E-state index is 12.7. The summed E-state index contributed by atoms with van der Waals surface area (Å²) >= 11 is 3.18. The summed E-state index contributed by atoms with van der Waals surface area (Å²) in [5, 5.41) is 0. The molecule has 0 N–H and O–H groups in total. The number of hydrogen-bond acceptors (Lipinski definition) is 2. The van der Waals surface area contributed by atoms with Crippen molar-refractivity contribution in [2.75, 3.05) is 0 Å². The highest BCUT2D eigenvalue weighted by Gasteiger charge is 2.32. The number of aromatic nitrogens is 1. The van der Waals surface area contributed by atoms with E-state index in [0.29, 0.717) is 0 Å². The highest BCUT2D eigenvalue weighted by atomic mass is 79.9. The minimum absolute atomic E-state index is 0.197. The molecule has 0 aliphatic rings. The lowest BCUT2D eigenvalue weighted by atomic mass is 10.2. The van der Waals surface area contributed by atoms with Crippen molar-refractivity contribution < 1.29 is 13.5 Å². The lowest BCUT2D eigenvalue weighted by molar-refractivity contribution is -0.0732. The van der Waals surface area contributed by atoms with Crippen LogP contribution in [0, 0.1) is 0 Å². The molecule has 0 radical (unpaired) electrons. The molecule has 0 amide bonds. The van der Waals surface area contributed by atoms with Crippen LogP contribution in [0.3, 0.4) is 0 Å². The topological polar surface area (TPSA) is 22.1 Å². The van der Waals surface area contributed by atoms with E-state index in [0.717, 1.165) is 11.4 Å². The zero-order valence-corrected chi connectivity index (χ0v) is 9.38. The number of ether oxygens (including phenoxy) is 1. The van der Waals surface area contributed by atoms with Gasteiger partial charge in [-0.25, -0.2) is 13.8 Å². The van der Waals surface area contributed by atoms with Gasteiger partial charge in [0.25, 0.3) is 5.92 Å². The van der Waals surface area contributed by atoms with E-state index in [-0.39, 0.29) is 5.88 Å². The fraction of sp³-hybridized carbons (Fsp3) is 0.444. The van der Waals surface area contributed by atoms with E-state index in [1.165, 1.54) is 19.2 Å². The summed E-state index contributed by atoms with van der Waals surface area (Å²) in [6, 6.07) is 3.22. The normalized spacial score (nSPS) is 13.8. The van der Waals surface area contributed by atoms with Gasteiger partial charge in [-0.2, -0.15) is 0 Å². The minimum Gasteiger partial charge on any atom is -0.468 e. The van der Waals surface area contributed by atoms with Crippen molar-refractivity contribution in [1.29, 1.82) is 0 Å². The van der Waals surface area contributed by atoms with Crippen molar-refractivity contribution in [1.82, 2.24) is 4.98 Å². The largest absolute Gasteiger partial charge is 0.468 e. The Morgan fingerprint density at radius 2 is 2.14 bits per heavy atom. The molecule has 0 aliphatic heterocycles. The lowest BCUT2D eigenvalue weighted by Crippen LogP contribution is -2.32. The molecule has 0 aromatic carbocycles. The molecular formula is C9H10BrF2NO. The fourth-order valence-electron chi connectivity index (χ4n) is 0.717. The quantitative estimate of drug-likeness (QED) is 0.837. The Morgan fingerprint density at radius 3 is 2.57 bits per heavy atom. The maximum absolute atomic E-state index is 12.7. The number of rotatable bonds is 3. The van der Waals surface area contributed by atoms with Crippen LogP contribution in [-0.2, 0) is 0 Å². The monoisotopic (exact) mass is 265 g/mol. The summed E-state index contributed by atoms with van der Waals surface area (Å²) in [6.45, 7) is 2.13. The molecule has 1 heterocycles. The standard InChI is InChI=1S/C9H10BrF2NO/c1-6(9(2,11)12)14-8-4-3-7(10)5-13-8/h3-6H,1-2H3. The Hall–Kier alpha value is -0.710. The van der Waals surface area contributed by atoms with Crippen LogP contribution in [-0.4, -0.2) is 17.0 Å². The highest BCUT2D eigenvalue weighted by molar-refractivity contribution is 9.10. The number of halogens is 3. The molecule has 0 fully saturated rings. The molecular weight excluding hydrogens is 256 g/mol. The van der Waals surface area contributed by atoms with Gasteiger partial charge in [-0.15, -0.1) is 0 Å². The molecule has 0 saturated heterocycles. The zero-order chi connectivity index (χ0) is 10.8. The maximum Gasteiger partial charge on any atom is 0.281 e. The van der Waals surface area contributed by atoms with Gasteiger partial charge in [0.15, 0.2) is 6.10 Å². The van der Waals surface area contributed by atoms with Gasteiger partial charge in [0, 0.05) is 23.7 Å². The van der Waals surface area contributed by atoms with Gasteiger partial charge < -0.3 is 4.74 Å². The third-order valence-corrected chi connectivity index (χ3v) is 2.18. The first kappa shape index (κ1) is 11.4. The first-order valence-electron chi connectivity index (χ1n) is 4.05. The Morgan fingerprint density at radius 1 is 1.50 bits per heavy atom. The van der Waals surface area contributed by atoms with Crippen molar-refractivity contribution in [3.63, 3.8) is 0 Å². The molecule has 1 rings (SSSR count). The smallest absolute Gasteiger partial charge is 0.281 e. The SMILES string of the molecule is CC(Oc1ccc(Br)cn1)C(C)(F)F. The van der Waals surface area contributed by atoms with Crippen LogP contribution in [0.25, 0.3) is 0 Å². The van der Waals surface area contributed by atoms with Crippen molar-refractivity contribution in [2.24, 2.45) is 0 Å².